The molecule has 0 amide bonds. The highest BCUT2D eigenvalue weighted by Crippen LogP contribution is 2.11. The monoisotopic (exact) mass is 234 g/mol. The Bertz CT molecular complexity index is 386. The molecule has 0 bridgehead atoms. The molecule has 0 radical (unpaired) electrons. The number of anilines is 1. The largest absolute Gasteiger partial charge is 0.359 e. The summed E-state index contributed by atoms with van der Waals surface area (Å²) in [7, 11) is 0. The summed E-state index contributed by atoms with van der Waals surface area (Å²) in [5.74, 6) is -0.256. The Morgan fingerprint density at radius 2 is 2.18 bits per heavy atom. The Morgan fingerprint density at radius 3 is 2.88 bits per heavy atom. The van der Waals surface area contributed by atoms with Crippen LogP contribution in [0.5, 0.6) is 0 Å². The first-order valence-corrected chi connectivity index (χ1v) is 5.93. The Labute approximate surface area is 102 Å². The van der Waals surface area contributed by atoms with Crippen LogP contribution in [0.3, 0.4) is 0 Å². The highest BCUT2D eigenvalue weighted by Gasteiger charge is 1.95. The number of benzene rings is 1. The molecule has 0 saturated heterocycles. The van der Waals surface area contributed by atoms with Crippen LogP contribution in [0.2, 0.25) is 0 Å². The molecule has 92 valence electrons. The first kappa shape index (κ1) is 13.4. The molecular weight excluding hydrogens is 215 g/mol. The van der Waals surface area contributed by atoms with Crippen molar-refractivity contribution in [2.45, 2.75) is 32.7 Å². The SMILES string of the molecule is CCC[C@@H](C)N=C/C=C\Nc1ccccc1F. The summed E-state index contributed by atoms with van der Waals surface area (Å²) >= 11 is 0. The van der Waals surface area contributed by atoms with Crippen LogP contribution in [-0.4, -0.2) is 12.3 Å². The first-order chi connectivity index (χ1) is 8.24. The molecule has 1 rings (SSSR count). The van der Waals surface area contributed by atoms with E-state index in [4.69, 9.17) is 0 Å². The fraction of sp³-hybridized carbons (Fsp3) is 0.357. The molecule has 3 heteroatoms. The Balaban J connectivity index is 2.38. The average molecular weight is 234 g/mol. The minimum Gasteiger partial charge on any atom is -0.359 e. The molecule has 2 nitrogen and oxygen atoms in total. The van der Waals surface area contributed by atoms with Crippen LogP contribution in [0.15, 0.2) is 41.5 Å². The summed E-state index contributed by atoms with van der Waals surface area (Å²) < 4.78 is 13.2. The van der Waals surface area contributed by atoms with Gasteiger partial charge in [0, 0.05) is 18.5 Å². The Morgan fingerprint density at radius 1 is 1.41 bits per heavy atom. The summed E-state index contributed by atoms with van der Waals surface area (Å²) in [4.78, 5) is 4.32. The van der Waals surface area contributed by atoms with E-state index in [9.17, 15) is 4.39 Å². The fourth-order valence-electron chi connectivity index (χ4n) is 1.45. The van der Waals surface area contributed by atoms with E-state index < -0.39 is 0 Å². The summed E-state index contributed by atoms with van der Waals surface area (Å²) in [6, 6.07) is 6.91. The number of nitrogens with zero attached hydrogens (tertiary/aromatic N) is 1. The van der Waals surface area contributed by atoms with Crippen molar-refractivity contribution in [1.29, 1.82) is 0 Å². The van der Waals surface area contributed by atoms with Crippen molar-refractivity contribution in [2.75, 3.05) is 5.32 Å². The lowest BCUT2D eigenvalue weighted by atomic mass is 10.2. The standard InChI is InChI=1S/C14H19FN2/c1-3-7-12(2)16-10-6-11-17-14-9-5-4-8-13(14)15/h4-6,8-12,17H,3,7H2,1-2H3/b11-6-,16-10?/t12-/m1/s1. The maximum absolute atomic E-state index is 13.2. The zero-order chi connectivity index (χ0) is 12.5. The topological polar surface area (TPSA) is 24.4 Å². The number of allylic oxidation sites excluding steroid dienone is 1. The number of aliphatic imine (C=N–C) groups is 1. The predicted octanol–water partition coefficient (Wildman–Crippen LogP) is 4.01. The van der Waals surface area contributed by atoms with Crippen molar-refractivity contribution in [3.8, 4) is 0 Å². The van der Waals surface area contributed by atoms with Gasteiger partial charge in [-0.25, -0.2) is 4.39 Å². The number of rotatable bonds is 6. The molecule has 17 heavy (non-hydrogen) atoms. The smallest absolute Gasteiger partial charge is 0.146 e. The quantitative estimate of drug-likeness (QED) is 0.739. The Hall–Kier alpha value is -1.64. The summed E-state index contributed by atoms with van der Waals surface area (Å²) in [6.07, 6.45) is 7.42. The maximum atomic E-state index is 13.2. The lowest BCUT2D eigenvalue weighted by Gasteiger charge is -2.01. The van der Waals surface area contributed by atoms with E-state index in [1.54, 1.807) is 36.7 Å². The van der Waals surface area contributed by atoms with E-state index in [1.807, 2.05) is 0 Å². The van der Waals surface area contributed by atoms with Gasteiger partial charge in [-0.05, 0) is 31.6 Å². The highest BCUT2D eigenvalue weighted by atomic mass is 19.1. The summed E-state index contributed by atoms with van der Waals surface area (Å²) in [5.41, 5.74) is 0.471. The maximum Gasteiger partial charge on any atom is 0.146 e. The van der Waals surface area contributed by atoms with Gasteiger partial charge in [-0.2, -0.15) is 0 Å². The van der Waals surface area contributed by atoms with Crippen LogP contribution in [-0.2, 0) is 0 Å². The van der Waals surface area contributed by atoms with E-state index in [1.165, 1.54) is 6.07 Å². The third-order valence-electron chi connectivity index (χ3n) is 2.34. The van der Waals surface area contributed by atoms with E-state index in [2.05, 4.69) is 24.2 Å². The molecule has 0 spiro atoms. The summed E-state index contributed by atoms with van der Waals surface area (Å²) in [5, 5.41) is 2.87. The van der Waals surface area contributed by atoms with Gasteiger partial charge in [0.05, 0.1) is 5.69 Å². The third-order valence-corrected chi connectivity index (χ3v) is 2.34. The molecule has 0 unspecified atom stereocenters. The van der Waals surface area contributed by atoms with Gasteiger partial charge in [-0.15, -0.1) is 0 Å². The van der Waals surface area contributed by atoms with Crippen LogP contribution >= 0.6 is 0 Å². The van der Waals surface area contributed by atoms with Gasteiger partial charge in [0.2, 0.25) is 0 Å². The van der Waals surface area contributed by atoms with Crippen molar-refractivity contribution < 1.29 is 4.39 Å². The van der Waals surface area contributed by atoms with Gasteiger partial charge in [0.25, 0.3) is 0 Å². The molecule has 0 saturated carbocycles. The van der Waals surface area contributed by atoms with Crippen molar-refractivity contribution in [2.24, 2.45) is 4.99 Å². The molecule has 1 atom stereocenters. The molecule has 0 aliphatic heterocycles. The van der Waals surface area contributed by atoms with Crippen molar-refractivity contribution >= 4 is 11.9 Å². The van der Waals surface area contributed by atoms with Crippen molar-refractivity contribution in [1.82, 2.24) is 0 Å². The molecule has 1 aromatic carbocycles. The van der Waals surface area contributed by atoms with Gasteiger partial charge in [0.15, 0.2) is 0 Å². The van der Waals surface area contributed by atoms with Crippen LogP contribution < -0.4 is 5.32 Å². The second-order valence-corrected chi connectivity index (χ2v) is 3.92. The van der Waals surface area contributed by atoms with Gasteiger partial charge in [-0.1, -0.05) is 25.5 Å². The first-order valence-electron chi connectivity index (χ1n) is 5.93. The molecule has 1 N–H and O–H groups in total. The molecule has 0 aliphatic carbocycles. The van der Waals surface area contributed by atoms with Gasteiger partial charge in [-0.3, -0.25) is 4.99 Å². The highest BCUT2D eigenvalue weighted by molar-refractivity contribution is 5.72. The summed E-state index contributed by atoms with van der Waals surface area (Å²) in [6.45, 7) is 4.22. The molecular formula is C14H19FN2. The van der Waals surface area contributed by atoms with Crippen molar-refractivity contribution in [3.05, 3.63) is 42.4 Å². The van der Waals surface area contributed by atoms with E-state index in [0.29, 0.717) is 11.7 Å². The number of nitrogens with one attached hydrogen (secondary N) is 1. The minimum absolute atomic E-state index is 0.256. The molecule has 1 aromatic rings. The molecule has 0 heterocycles. The lowest BCUT2D eigenvalue weighted by molar-refractivity contribution is 0.632. The molecule has 0 aromatic heterocycles. The zero-order valence-corrected chi connectivity index (χ0v) is 10.4. The third kappa shape index (κ3) is 5.29. The van der Waals surface area contributed by atoms with Crippen LogP contribution in [0, 0.1) is 5.82 Å². The van der Waals surface area contributed by atoms with Gasteiger partial charge < -0.3 is 5.32 Å². The minimum atomic E-state index is -0.256. The van der Waals surface area contributed by atoms with E-state index in [-0.39, 0.29) is 5.82 Å². The van der Waals surface area contributed by atoms with Crippen molar-refractivity contribution in [3.63, 3.8) is 0 Å². The normalized spacial score (nSPS) is 13.4. The Kier molecular flexibility index (Phi) is 6.00. The second kappa shape index (κ2) is 7.60. The van der Waals surface area contributed by atoms with Gasteiger partial charge in [0.1, 0.15) is 5.82 Å². The van der Waals surface area contributed by atoms with Crippen LogP contribution in [0.4, 0.5) is 10.1 Å². The fourth-order valence-corrected chi connectivity index (χ4v) is 1.45. The number of halogens is 1. The molecule has 0 fully saturated rings. The van der Waals surface area contributed by atoms with E-state index >= 15 is 0 Å². The van der Waals surface area contributed by atoms with E-state index in [0.717, 1.165) is 12.8 Å². The zero-order valence-electron chi connectivity index (χ0n) is 10.4. The lowest BCUT2D eigenvalue weighted by Crippen LogP contribution is -1.96. The predicted molar refractivity (Wildman–Crippen MR) is 72.0 cm³/mol. The van der Waals surface area contributed by atoms with Gasteiger partial charge >= 0.3 is 0 Å². The number of para-hydroxylation sites is 1. The number of hydrogen-bond donors (Lipinski definition) is 1. The molecule has 0 aliphatic rings. The average Bonchev–Trinajstić information content (AvgIpc) is 2.31. The van der Waals surface area contributed by atoms with Crippen LogP contribution in [0.1, 0.15) is 26.7 Å². The number of hydrogen-bond acceptors (Lipinski definition) is 2. The second-order valence-electron chi connectivity index (χ2n) is 3.92. The van der Waals surface area contributed by atoms with Crippen LogP contribution in [0.25, 0.3) is 0 Å².